The normalized spacial score (nSPS) is 10.2. The van der Waals surface area contributed by atoms with Gasteiger partial charge in [-0.3, -0.25) is 0 Å². The standard InChI is InChI=1S/C10H16N2/c1-9-2-4-10(5-3-9)8-12-7-6-11/h2-5,12H,6-8,11H2,1H3. The summed E-state index contributed by atoms with van der Waals surface area (Å²) in [6.07, 6.45) is 0. The second-order valence-corrected chi connectivity index (χ2v) is 2.95. The number of aryl methyl sites for hydroxylation is 1. The molecule has 0 aliphatic carbocycles. The zero-order valence-electron chi connectivity index (χ0n) is 7.51. The molecule has 0 aromatic heterocycles. The molecule has 0 aliphatic rings. The molecule has 0 atom stereocenters. The van der Waals surface area contributed by atoms with E-state index in [0.29, 0.717) is 6.54 Å². The van der Waals surface area contributed by atoms with E-state index in [-0.39, 0.29) is 0 Å². The van der Waals surface area contributed by atoms with E-state index in [2.05, 4.69) is 36.5 Å². The second-order valence-electron chi connectivity index (χ2n) is 2.95. The van der Waals surface area contributed by atoms with Gasteiger partial charge >= 0.3 is 0 Å². The minimum absolute atomic E-state index is 0.700. The smallest absolute Gasteiger partial charge is 0.0206 e. The highest BCUT2D eigenvalue weighted by atomic mass is 14.9. The fourth-order valence-corrected chi connectivity index (χ4v) is 1.04. The predicted molar refractivity (Wildman–Crippen MR) is 51.9 cm³/mol. The number of hydrogen-bond acceptors (Lipinski definition) is 2. The molecule has 2 heteroatoms. The maximum atomic E-state index is 5.35. The van der Waals surface area contributed by atoms with Crippen molar-refractivity contribution in [3.63, 3.8) is 0 Å². The average Bonchev–Trinajstić information content (AvgIpc) is 2.09. The van der Waals surface area contributed by atoms with Crippen molar-refractivity contribution in [3.05, 3.63) is 35.4 Å². The van der Waals surface area contributed by atoms with Crippen molar-refractivity contribution in [1.82, 2.24) is 5.32 Å². The fourth-order valence-electron chi connectivity index (χ4n) is 1.04. The molecule has 2 nitrogen and oxygen atoms in total. The zero-order chi connectivity index (χ0) is 8.81. The molecule has 66 valence electrons. The maximum absolute atomic E-state index is 5.35. The summed E-state index contributed by atoms with van der Waals surface area (Å²) in [5.41, 5.74) is 7.97. The van der Waals surface area contributed by atoms with Crippen LogP contribution in [0.2, 0.25) is 0 Å². The first-order valence-electron chi connectivity index (χ1n) is 4.29. The summed E-state index contributed by atoms with van der Waals surface area (Å²) in [5, 5.41) is 3.25. The SMILES string of the molecule is Cc1ccc(CNCCN)cc1. The monoisotopic (exact) mass is 164 g/mol. The van der Waals surface area contributed by atoms with Gasteiger partial charge in [-0.2, -0.15) is 0 Å². The van der Waals surface area contributed by atoms with Gasteiger partial charge < -0.3 is 11.1 Å². The molecule has 0 fully saturated rings. The maximum Gasteiger partial charge on any atom is 0.0206 e. The van der Waals surface area contributed by atoms with Crippen molar-refractivity contribution in [2.75, 3.05) is 13.1 Å². The summed E-state index contributed by atoms with van der Waals surface area (Å²) in [6.45, 7) is 4.59. The molecule has 0 amide bonds. The molecule has 0 spiro atoms. The highest BCUT2D eigenvalue weighted by molar-refractivity contribution is 5.20. The molecule has 0 aliphatic heterocycles. The zero-order valence-corrected chi connectivity index (χ0v) is 7.51. The molecule has 1 aromatic rings. The molecule has 1 aromatic carbocycles. The van der Waals surface area contributed by atoms with Crippen LogP contribution in [0.5, 0.6) is 0 Å². The highest BCUT2D eigenvalue weighted by Crippen LogP contribution is 2.01. The molecular weight excluding hydrogens is 148 g/mol. The minimum atomic E-state index is 0.700. The number of hydrogen-bond donors (Lipinski definition) is 2. The second kappa shape index (κ2) is 4.91. The number of rotatable bonds is 4. The summed E-state index contributed by atoms with van der Waals surface area (Å²) in [6, 6.07) is 8.52. The molecular formula is C10H16N2. The van der Waals surface area contributed by atoms with E-state index in [1.54, 1.807) is 0 Å². The van der Waals surface area contributed by atoms with Gasteiger partial charge in [-0.25, -0.2) is 0 Å². The van der Waals surface area contributed by atoms with E-state index in [9.17, 15) is 0 Å². The van der Waals surface area contributed by atoms with Crippen LogP contribution in [0.3, 0.4) is 0 Å². The lowest BCUT2D eigenvalue weighted by Crippen LogP contribution is -2.21. The van der Waals surface area contributed by atoms with Crippen molar-refractivity contribution in [3.8, 4) is 0 Å². The minimum Gasteiger partial charge on any atom is -0.329 e. The van der Waals surface area contributed by atoms with E-state index >= 15 is 0 Å². The van der Waals surface area contributed by atoms with E-state index in [0.717, 1.165) is 13.1 Å². The number of benzene rings is 1. The van der Waals surface area contributed by atoms with Crippen molar-refractivity contribution in [2.24, 2.45) is 5.73 Å². The summed E-state index contributed by atoms with van der Waals surface area (Å²) < 4.78 is 0. The lowest BCUT2D eigenvalue weighted by atomic mass is 10.1. The molecule has 0 unspecified atom stereocenters. The summed E-state index contributed by atoms with van der Waals surface area (Å²) in [7, 11) is 0. The van der Waals surface area contributed by atoms with Crippen LogP contribution in [0, 0.1) is 6.92 Å². The van der Waals surface area contributed by atoms with Crippen molar-refractivity contribution in [2.45, 2.75) is 13.5 Å². The first-order valence-corrected chi connectivity index (χ1v) is 4.29. The summed E-state index contributed by atoms with van der Waals surface area (Å²) in [5.74, 6) is 0. The van der Waals surface area contributed by atoms with Crippen molar-refractivity contribution < 1.29 is 0 Å². The van der Waals surface area contributed by atoms with Gasteiger partial charge in [0.15, 0.2) is 0 Å². The number of nitrogens with two attached hydrogens (primary N) is 1. The number of nitrogens with one attached hydrogen (secondary N) is 1. The lowest BCUT2D eigenvalue weighted by Gasteiger charge is -2.02. The first-order chi connectivity index (χ1) is 5.83. The Morgan fingerprint density at radius 1 is 1.25 bits per heavy atom. The average molecular weight is 164 g/mol. The van der Waals surface area contributed by atoms with Crippen LogP contribution in [0.4, 0.5) is 0 Å². The van der Waals surface area contributed by atoms with Gasteiger partial charge in [-0.1, -0.05) is 29.8 Å². The van der Waals surface area contributed by atoms with Gasteiger partial charge in [-0.15, -0.1) is 0 Å². The van der Waals surface area contributed by atoms with Crippen LogP contribution in [0.1, 0.15) is 11.1 Å². The Labute approximate surface area is 73.8 Å². The van der Waals surface area contributed by atoms with E-state index < -0.39 is 0 Å². The van der Waals surface area contributed by atoms with Crippen LogP contribution < -0.4 is 11.1 Å². The largest absolute Gasteiger partial charge is 0.329 e. The Bertz CT molecular complexity index is 216. The third-order valence-corrected chi connectivity index (χ3v) is 1.77. The lowest BCUT2D eigenvalue weighted by molar-refractivity contribution is 0.695. The van der Waals surface area contributed by atoms with Gasteiger partial charge in [0.2, 0.25) is 0 Å². The van der Waals surface area contributed by atoms with Gasteiger partial charge in [0.05, 0.1) is 0 Å². The Morgan fingerprint density at radius 2 is 1.92 bits per heavy atom. The Hall–Kier alpha value is -0.860. The van der Waals surface area contributed by atoms with Gasteiger partial charge in [0.25, 0.3) is 0 Å². The first kappa shape index (κ1) is 9.23. The molecule has 1 rings (SSSR count). The third kappa shape index (κ3) is 3.03. The van der Waals surface area contributed by atoms with Crippen LogP contribution in [-0.2, 0) is 6.54 Å². The van der Waals surface area contributed by atoms with Gasteiger partial charge in [0.1, 0.15) is 0 Å². The molecule has 0 bridgehead atoms. The topological polar surface area (TPSA) is 38.0 Å². The van der Waals surface area contributed by atoms with E-state index in [1.165, 1.54) is 11.1 Å². The van der Waals surface area contributed by atoms with E-state index in [4.69, 9.17) is 5.73 Å². The summed E-state index contributed by atoms with van der Waals surface area (Å²) in [4.78, 5) is 0. The Kier molecular flexibility index (Phi) is 3.77. The Morgan fingerprint density at radius 3 is 2.50 bits per heavy atom. The highest BCUT2D eigenvalue weighted by Gasteiger charge is 1.90. The van der Waals surface area contributed by atoms with Crippen LogP contribution >= 0.6 is 0 Å². The Balaban J connectivity index is 2.37. The fraction of sp³-hybridized carbons (Fsp3) is 0.400. The van der Waals surface area contributed by atoms with Gasteiger partial charge in [-0.05, 0) is 12.5 Å². The van der Waals surface area contributed by atoms with Crippen LogP contribution in [0.15, 0.2) is 24.3 Å². The molecule has 0 saturated carbocycles. The van der Waals surface area contributed by atoms with Gasteiger partial charge in [0, 0.05) is 19.6 Å². The van der Waals surface area contributed by atoms with Crippen molar-refractivity contribution in [1.29, 1.82) is 0 Å². The van der Waals surface area contributed by atoms with Crippen LogP contribution in [0.25, 0.3) is 0 Å². The van der Waals surface area contributed by atoms with Crippen molar-refractivity contribution >= 4 is 0 Å². The molecule has 12 heavy (non-hydrogen) atoms. The molecule has 0 saturated heterocycles. The molecule has 0 radical (unpaired) electrons. The molecule has 3 N–H and O–H groups in total. The van der Waals surface area contributed by atoms with E-state index in [1.807, 2.05) is 0 Å². The predicted octanol–water partition coefficient (Wildman–Crippen LogP) is 1.04. The third-order valence-electron chi connectivity index (χ3n) is 1.77. The quantitative estimate of drug-likeness (QED) is 0.653. The van der Waals surface area contributed by atoms with Crippen LogP contribution in [-0.4, -0.2) is 13.1 Å². The summed E-state index contributed by atoms with van der Waals surface area (Å²) >= 11 is 0. The molecule has 0 heterocycles.